The van der Waals surface area contributed by atoms with Crippen LogP contribution in [0, 0.1) is 12.8 Å². The summed E-state index contributed by atoms with van der Waals surface area (Å²) in [5, 5.41) is 2.93. The second-order valence-electron chi connectivity index (χ2n) is 10.2. The number of anilines is 1. The normalized spacial score (nSPS) is 17.9. The van der Waals surface area contributed by atoms with E-state index in [0.717, 1.165) is 46.9 Å². The van der Waals surface area contributed by atoms with Gasteiger partial charge in [0.25, 0.3) is 0 Å². The molecule has 0 spiro atoms. The Bertz CT molecular complexity index is 1330. The number of thiazole rings is 1. The minimum absolute atomic E-state index is 0.0427. The minimum atomic E-state index is -0.336. The van der Waals surface area contributed by atoms with Crippen molar-refractivity contribution in [2.45, 2.75) is 51.3 Å². The average Bonchev–Trinajstić information content (AvgIpc) is 3.44. The van der Waals surface area contributed by atoms with Gasteiger partial charge in [-0.05, 0) is 55.5 Å². The van der Waals surface area contributed by atoms with Crippen LogP contribution in [0.15, 0.2) is 36.5 Å². The molecule has 39 heavy (non-hydrogen) atoms. The lowest BCUT2D eigenvalue weighted by Gasteiger charge is -2.27. The SMILES string of the molecule is Cc1cc(Cl)c(O[C@@H]2CCN(c3ncc(C[C@@H](CN)C(=O)N(Cc4cccc(Cl)c4Cl)C4CC4)s3)C2)c(Cl)c1. The van der Waals surface area contributed by atoms with Crippen molar-refractivity contribution in [2.24, 2.45) is 11.7 Å². The molecule has 1 aliphatic heterocycles. The number of nitrogens with zero attached hydrogens (tertiary/aromatic N) is 3. The maximum atomic E-state index is 13.6. The van der Waals surface area contributed by atoms with E-state index in [2.05, 4.69) is 9.88 Å². The molecule has 1 saturated heterocycles. The van der Waals surface area contributed by atoms with Gasteiger partial charge in [-0.15, -0.1) is 11.3 Å². The fourth-order valence-corrected chi connectivity index (χ4v) is 6.97. The molecule has 2 heterocycles. The molecule has 0 bridgehead atoms. The van der Waals surface area contributed by atoms with Gasteiger partial charge in [0, 0.05) is 43.2 Å². The van der Waals surface area contributed by atoms with Crippen LogP contribution in [0.4, 0.5) is 5.13 Å². The summed E-state index contributed by atoms with van der Waals surface area (Å²) in [6.45, 7) is 4.13. The summed E-state index contributed by atoms with van der Waals surface area (Å²) >= 11 is 27.0. The van der Waals surface area contributed by atoms with Crippen LogP contribution in [-0.4, -0.2) is 47.6 Å². The highest BCUT2D eigenvalue weighted by Crippen LogP contribution is 2.37. The van der Waals surface area contributed by atoms with Crippen molar-refractivity contribution in [3.8, 4) is 5.75 Å². The number of benzene rings is 2. The van der Waals surface area contributed by atoms with Crippen molar-refractivity contribution >= 4 is 68.8 Å². The van der Waals surface area contributed by atoms with Crippen LogP contribution in [0.3, 0.4) is 0 Å². The first-order chi connectivity index (χ1) is 18.7. The zero-order valence-electron chi connectivity index (χ0n) is 21.5. The highest BCUT2D eigenvalue weighted by atomic mass is 35.5. The first-order valence-corrected chi connectivity index (χ1v) is 15.3. The summed E-state index contributed by atoms with van der Waals surface area (Å²) < 4.78 is 6.17. The predicted octanol–water partition coefficient (Wildman–Crippen LogP) is 7.03. The second kappa shape index (κ2) is 12.4. The lowest BCUT2D eigenvalue weighted by atomic mass is 10.0. The van der Waals surface area contributed by atoms with Gasteiger partial charge >= 0.3 is 0 Å². The second-order valence-corrected chi connectivity index (χ2v) is 12.9. The molecule has 5 rings (SSSR count). The van der Waals surface area contributed by atoms with Crippen LogP contribution in [0.2, 0.25) is 20.1 Å². The van der Waals surface area contributed by atoms with E-state index in [-0.39, 0.29) is 30.5 Å². The summed E-state index contributed by atoms with van der Waals surface area (Å²) in [5.41, 5.74) is 7.96. The van der Waals surface area contributed by atoms with E-state index in [0.29, 0.717) is 45.4 Å². The molecule has 11 heteroatoms. The molecule has 0 unspecified atom stereocenters. The summed E-state index contributed by atoms with van der Waals surface area (Å²) in [5.74, 6) is 0.240. The molecule has 1 aliphatic carbocycles. The van der Waals surface area contributed by atoms with Gasteiger partial charge in [-0.2, -0.15) is 0 Å². The van der Waals surface area contributed by atoms with Gasteiger partial charge in [-0.3, -0.25) is 4.79 Å². The van der Waals surface area contributed by atoms with E-state index in [1.165, 1.54) is 0 Å². The number of aromatic nitrogens is 1. The molecule has 3 aromatic rings. The maximum absolute atomic E-state index is 13.6. The highest BCUT2D eigenvalue weighted by Gasteiger charge is 2.36. The van der Waals surface area contributed by atoms with Gasteiger partial charge in [0.05, 0.1) is 32.6 Å². The minimum Gasteiger partial charge on any atom is -0.485 e. The number of hydrogen-bond acceptors (Lipinski definition) is 6. The number of nitrogens with two attached hydrogens (primary N) is 1. The molecule has 2 aliphatic rings. The molecular weight excluding hydrogens is 598 g/mol. The Hall–Kier alpha value is -1.74. The third-order valence-electron chi connectivity index (χ3n) is 7.11. The van der Waals surface area contributed by atoms with Gasteiger partial charge in [0.2, 0.25) is 5.91 Å². The van der Waals surface area contributed by atoms with E-state index in [4.69, 9.17) is 56.9 Å². The summed E-state index contributed by atoms with van der Waals surface area (Å²) in [4.78, 5) is 23.4. The third-order valence-corrected chi connectivity index (χ3v) is 9.61. The van der Waals surface area contributed by atoms with Crippen LogP contribution in [0.1, 0.15) is 35.3 Å². The Morgan fingerprint density at radius 1 is 1.18 bits per heavy atom. The lowest BCUT2D eigenvalue weighted by molar-refractivity contribution is -0.136. The van der Waals surface area contributed by atoms with Crippen LogP contribution >= 0.6 is 57.7 Å². The van der Waals surface area contributed by atoms with Gasteiger partial charge in [-0.1, -0.05) is 58.5 Å². The topological polar surface area (TPSA) is 71.7 Å². The quantitative estimate of drug-likeness (QED) is 0.261. The van der Waals surface area contributed by atoms with E-state index >= 15 is 0 Å². The largest absolute Gasteiger partial charge is 0.485 e. The zero-order chi connectivity index (χ0) is 27.7. The highest BCUT2D eigenvalue weighted by molar-refractivity contribution is 7.15. The van der Waals surface area contributed by atoms with Crippen LogP contribution in [0.25, 0.3) is 0 Å². The number of hydrogen-bond donors (Lipinski definition) is 1. The summed E-state index contributed by atoms with van der Waals surface area (Å²) in [7, 11) is 0. The van der Waals surface area contributed by atoms with Crippen molar-refractivity contribution in [1.29, 1.82) is 0 Å². The molecule has 1 amide bonds. The molecule has 1 saturated carbocycles. The Labute approximate surface area is 252 Å². The number of carbonyl (C=O) groups excluding carboxylic acids is 1. The Kier molecular flexibility index (Phi) is 9.16. The Morgan fingerprint density at radius 2 is 1.92 bits per heavy atom. The number of rotatable bonds is 10. The van der Waals surface area contributed by atoms with E-state index in [1.807, 2.05) is 42.3 Å². The first kappa shape index (κ1) is 28.8. The molecule has 208 valence electrons. The average molecular weight is 628 g/mol. The first-order valence-electron chi connectivity index (χ1n) is 13.0. The van der Waals surface area contributed by atoms with Crippen molar-refractivity contribution in [3.05, 3.63) is 72.6 Å². The maximum Gasteiger partial charge on any atom is 0.227 e. The van der Waals surface area contributed by atoms with Crippen molar-refractivity contribution in [2.75, 3.05) is 24.5 Å². The zero-order valence-corrected chi connectivity index (χ0v) is 25.3. The molecule has 0 radical (unpaired) electrons. The van der Waals surface area contributed by atoms with Crippen molar-refractivity contribution in [1.82, 2.24) is 9.88 Å². The number of aryl methyl sites for hydroxylation is 1. The molecule has 6 nitrogen and oxygen atoms in total. The van der Waals surface area contributed by atoms with E-state index in [1.54, 1.807) is 17.4 Å². The summed E-state index contributed by atoms with van der Waals surface area (Å²) in [6.07, 6.45) is 5.17. The molecule has 2 aromatic carbocycles. The van der Waals surface area contributed by atoms with Crippen LogP contribution in [-0.2, 0) is 17.8 Å². The molecule has 2 N–H and O–H groups in total. The van der Waals surface area contributed by atoms with Gasteiger partial charge in [0.1, 0.15) is 6.10 Å². The van der Waals surface area contributed by atoms with E-state index < -0.39 is 0 Å². The van der Waals surface area contributed by atoms with Gasteiger partial charge in [0.15, 0.2) is 10.9 Å². The van der Waals surface area contributed by atoms with Gasteiger partial charge < -0.3 is 20.3 Å². The Morgan fingerprint density at radius 3 is 2.62 bits per heavy atom. The molecular formula is C28H30Cl4N4O2S. The third kappa shape index (κ3) is 6.77. The fourth-order valence-electron chi connectivity index (χ4n) is 4.88. The molecule has 1 aromatic heterocycles. The van der Waals surface area contributed by atoms with Crippen LogP contribution in [0.5, 0.6) is 5.75 Å². The summed E-state index contributed by atoms with van der Waals surface area (Å²) in [6, 6.07) is 9.45. The van der Waals surface area contributed by atoms with Gasteiger partial charge in [-0.25, -0.2) is 4.98 Å². The lowest BCUT2D eigenvalue weighted by Crippen LogP contribution is -2.41. The monoisotopic (exact) mass is 626 g/mol. The van der Waals surface area contributed by atoms with Crippen molar-refractivity contribution in [3.63, 3.8) is 0 Å². The fraction of sp³-hybridized carbons (Fsp3) is 0.429. The molecule has 2 atom stereocenters. The van der Waals surface area contributed by atoms with E-state index in [9.17, 15) is 4.79 Å². The number of amides is 1. The number of carbonyl (C=O) groups is 1. The van der Waals surface area contributed by atoms with Crippen LogP contribution < -0.4 is 15.4 Å². The number of ether oxygens (including phenoxy) is 1. The molecule has 2 fully saturated rings. The number of halogens is 4. The predicted molar refractivity (Wildman–Crippen MR) is 161 cm³/mol. The standard InChI is InChI=1S/C28H30Cl4N4O2S/c1-16-9-23(30)26(24(31)10-16)38-20-7-8-35(15-20)28-34-13-21(39-28)11-18(12-33)27(37)36(19-5-6-19)14-17-3-2-4-22(29)25(17)32/h2-4,9-10,13,18-20H,5-8,11-12,14-15,33H2,1H3/t18-,20+/m0/s1. The Balaban J connectivity index is 1.22. The smallest absolute Gasteiger partial charge is 0.227 e. The van der Waals surface area contributed by atoms with Crippen molar-refractivity contribution < 1.29 is 9.53 Å².